The summed E-state index contributed by atoms with van der Waals surface area (Å²) in [6, 6.07) is 8.63. The number of rotatable bonds is 1. The smallest absolute Gasteiger partial charge is 0.336 e. The lowest BCUT2D eigenvalue weighted by atomic mass is 10.2. The minimum Gasteiger partial charge on any atom is -0.460 e. The van der Waals surface area contributed by atoms with Crippen LogP contribution in [0.25, 0.3) is 21.9 Å². The van der Waals surface area contributed by atoms with Crippen molar-refractivity contribution in [3.63, 3.8) is 0 Å². The first-order valence-corrected chi connectivity index (χ1v) is 5.32. The van der Waals surface area contributed by atoms with Crippen molar-refractivity contribution in [3.05, 3.63) is 46.5 Å². The Kier molecular flexibility index (Phi) is 2.01. The molecule has 0 saturated heterocycles. The molecule has 80 valence electrons. The van der Waals surface area contributed by atoms with Crippen LogP contribution < -0.4 is 5.63 Å². The maximum atomic E-state index is 11.1. The standard InChI is InChI=1S/C12H7ClO3/c13-6-9-4-8-3-7-1-2-12(14)16-10(7)5-11(8)15-9/h1-5H,6H2. The summed E-state index contributed by atoms with van der Waals surface area (Å²) < 4.78 is 10.5. The zero-order chi connectivity index (χ0) is 11.1. The van der Waals surface area contributed by atoms with Crippen molar-refractivity contribution >= 4 is 33.5 Å². The monoisotopic (exact) mass is 234 g/mol. The van der Waals surface area contributed by atoms with E-state index in [4.69, 9.17) is 20.4 Å². The van der Waals surface area contributed by atoms with E-state index in [-0.39, 0.29) is 5.63 Å². The zero-order valence-electron chi connectivity index (χ0n) is 8.20. The Labute approximate surface area is 95.2 Å². The topological polar surface area (TPSA) is 43.4 Å². The molecule has 0 aliphatic rings. The van der Waals surface area contributed by atoms with E-state index in [0.29, 0.717) is 22.8 Å². The average Bonchev–Trinajstić information content (AvgIpc) is 2.67. The van der Waals surface area contributed by atoms with Gasteiger partial charge >= 0.3 is 5.63 Å². The summed E-state index contributed by atoms with van der Waals surface area (Å²) in [6.45, 7) is 0. The molecule has 1 aromatic carbocycles. The lowest BCUT2D eigenvalue weighted by Gasteiger charge is -1.94. The molecule has 0 saturated carbocycles. The van der Waals surface area contributed by atoms with Gasteiger partial charge in [-0.2, -0.15) is 0 Å². The maximum Gasteiger partial charge on any atom is 0.336 e. The van der Waals surface area contributed by atoms with Crippen molar-refractivity contribution in [1.82, 2.24) is 0 Å². The second-order valence-electron chi connectivity index (χ2n) is 3.53. The summed E-state index contributed by atoms with van der Waals surface area (Å²) in [7, 11) is 0. The van der Waals surface area contributed by atoms with E-state index in [2.05, 4.69) is 0 Å². The van der Waals surface area contributed by atoms with Gasteiger partial charge in [-0.15, -0.1) is 11.6 Å². The van der Waals surface area contributed by atoms with E-state index in [0.717, 1.165) is 10.8 Å². The molecule has 0 atom stereocenters. The molecule has 3 aromatic rings. The van der Waals surface area contributed by atoms with Crippen LogP contribution in [0.15, 0.2) is 44.0 Å². The fourth-order valence-electron chi connectivity index (χ4n) is 1.73. The number of hydrogen-bond donors (Lipinski definition) is 0. The molecule has 0 unspecified atom stereocenters. The molecular weight excluding hydrogens is 228 g/mol. The predicted octanol–water partition coefficient (Wildman–Crippen LogP) is 3.28. The molecule has 16 heavy (non-hydrogen) atoms. The van der Waals surface area contributed by atoms with Crippen LogP contribution >= 0.6 is 11.6 Å². The molecule has 3 rings (SSSR count). The first kappa shape index (κ1) is 9.48. The highest BCUT2D eigenvalue weighted by molar-refractivity contribution is 6.17. The van der Waals surface area contributed by atoms with Crippen LogP contribution in [0.2, 0.25) is 0 Å². The van der Waals surface area contributed by atoms with Gasteiger partial charge in [0.25, 0.3) is 0 Å². The largest absolute Gasteiger partial charge is 0.460 e. The quantitative estimate of drug-likeness (QED) is 0.479. The van der Waals surface area contributed by atoms with E-state index in [1.165, 1.54) is 6.07 Å². The van der Waals surface area contributed by atoms with Crippen molar-refractivity contribution in [1.29, 1.82) is 0 Å². The Bertz CT molecular complexity index is 724. The third-order valence-corrected chi connectivity index (χ3v) is 2.70. The molecule has 0 bridgehead atoms. The predicted molar refractivity (Wildman–Crippen MR) is 61.8 cm³/mol. The van der Waals surface area contributed by atoms with Crippen molar-refractivity contribution in [2.24, 2.45) is 0 Å². The fourth-order valence-corrected chi connectivity index (χ4v) is 1.86. The van der Waals surface area contributed by atoms with Crippen LogP contribution in [0.5, 0.6) is 0 Å². The van der Waals surface area contributed by atoms with Crippen molar-refractivity contribution in [3.8, 4) is 0 Å². The Balaban J connectivity index is 2.41. The van der Waals surface area contributed by atoms with Crippen molar-refractivity contribution in [2.75, 3.05) is 0 Å². The molecule has 0 aliphatic heterocycles. The molecule has 4 heteroatoms. The van der Waals surface area contributed by atoms with E-state index in [1.807, 2.05) is 12.1 Å². The molecule has 0 aliphatic carbocycles. The van der Waals surface area contributed by atoms with Crippen LogP contribution in [0.4, 0.5) is 0 Å². The van der Waals surface area contributed by atoms with Crippen molar-refractivity contribution < 1.29 is 8.83 Å². The molecule has 0 amide bonds. The highest BCUT2D eigenvalue weighted by Gasteiger charge is 2.06. The third kappa shape index (κ3) is 1.41. The van der Waals surface area contributed by atoms with Gasteiger partial charge in [0.15, 0.2) is 0 Å². The first-order valence-electron chi connectivity index (χ1n) is 4.78. The van der Waals surface area contributed by atoms with Crippen LogP contribution in [0.3, 0.4) is 0 Å². The SMILES string of the molecule is O=c1ccc2cc3cc(CCl)oc3cc2o1. The van der Waals surface area contributed by atoms with Gasteiger partial charge < -0.3 is 8.83 Å². The molecule has 3 nitrogen and oxygen atoms in total. The van der Waals surface area contributed by atoms with Crippen LogP contribution in [-0.2, 0) is 5.88 Å². The number of benzene rings is 1. The van der Waals surface area contributed by atoms with E-state index in [1.54, 1.807) is 12.1 Å². The van der Waals surface area contributed by atoms with Gasteiger partial charge in [-0.25, -0.2) is 4.79 Å². The minimum absolute atomic E-state index is 0.328. The molecule has 0 N–H and O–H groups in total. The molecular formula is C12H7ClO3. The van der Waals surface area contributed by atoms with Gasteiger partial charge in [-0.05, 0) is 18.2 Å². The molecule has 0 fully saturated rings. The Morgan fingerprint density at radius 2 is 1.81 bits per heavy atom. The number of halogens is 1. The summed E-state index contributed by atoms with van der Waals surface area (Å²) >= 11 is 5.69. The summed E-state index contributed by atoms with van der Waals surface area (Å²) in [5, 5.41) is 1.83. The number of furan rings is 1. The normalized spacial score (nSPS) is 11.3. The second-order valence-corrected chi connectivity index (χ2v) is 3.80. The first-order chi connectivity index (χ1) is 7.76. The molecule has 0 radical (unpaired) electrons. The van der Waals surface area contributed by atoms with Gasteiger partial charge in [0.05, 0.1) is 5.88 Å². The van der Waals surface area contributed by atoms with Gasteiger partial charge in [-0.1, -0.05) is 0 Å². The van der Waals surface area contributed by atoms with Gasteiger partial charge in [0.1, 0.15) is 16.9 Å². The second kappa shape index (κ2) is 3.39. The van der Waals surface area contributed by atoms with E-state index in [9.17, 15) is 4.79 Å². The molecule has 0 spiro atoms. The average molecular weight is 235 g/mol. The number of alkyl halides is 1. The summed E-state index contributed by atoms with van der Waals surface area (Å²) in [5.41, 5.74) is 0.837. The Morgan fingerprint density at radius 1 is 1.00 bits per heavy atom. The van der Waals surface area contributed by atoms with Gasteiger partial charge in [0.2, 0.25) is 0 Å². The summed E-state index contributed by atoms with van der Waals surface area (Å²) in [4.78, 5) is 11.1. The Hall–Kier alpha value is -1.74. The number of fused-ring (bicyclic) bond motifs is 2. The van der Waals surface area contributed by atoms with Crippen LogP contribution in [0.1, 0.15) is 5.76 Å². The van der Waals surface area contributed by atoms with E-state index >= 15 is 0 Å². The maximum absolute atomic E-state index is 11.1. The van der Waals surface area contributed by atoms with Gasteiger partial charge in [0, 0.05) is 22.9 Å². The number of hydrogen-bond acceptors (Lipinski definition) is 3. The fraction of sp³-hybridized carbons (Fsp3) is 0.0833. The van der Waals surface area contributed by atoms with Crippen LogP contribution in [0, 0.1) is 0 Å². The third-order valence-electron chi connectivity index (χ3n) is 2.44. The highest BCUT2D eigenvalue weighted by atomic mass is 35.5. The summed E-state index contributed by atoms with van der Waals surface area (Å²) in [5.74, 6) is 1.03. The van der Waals surface area contributed by atoms with Crippen LogP contribution in [-0.4, -0.2) is 0 Å². The Morgan fingerprint density at radius 3 is 2.62 bits per heavy atom. The minimum atomic E-state index is -0.365. The molecule has 2 heterocycles. The lowest BCUT2D eigenvalue weighted by Crippen LogP contribution is -1.93. The van der Waals surface area contributed by atoms with Crippen molar-refractivity contribution in [2.45, 2.75) is 5.88 Å². The summed E-state index contributed by atoms with van der Waals surface area (Å²) in [6.07, 6.45) is 0. The van der Waals surface area contributed by atoms with Gasteiger partial charge in [-0.3, -0.25) is 0 Å². The highest BCUT2D eigenvalue weighted by Crippen LogP contribution is 2.25. The zero-order valence-corrected chi connectivity index (χ0v) is 8.95. The molecule has 2 aromatic heterocycles. The lowest BCUT2D eigenvalue weighted by molar-refractivity contribution is 0.555. The van der Waals surface area contributed by atoms with E-state index < -0.39 is 0 Å².